The molecule has 6 atom stereocenters. The highest BCUT2D eigenvalue weighted by molar-refractivity contribution is 5.68. The topological polar surface area (TPSA) is 165 Å². The van der Waals surface area contributed by atoms with Gasteiger partial charge in [0.2, 0.25) is 0 Å². The van der Waals surface area contributed by atoms with Crippen molar-refractivity contribution in [3.8, 4) is 0 Å². The van der Waals surface area contributed by atoms with E-state index in [1.54, 1.807) is 0 Å². The highest BCUT2D eigenvalue weighted by atomic mass is 16.5. The second kappa shape index (κ2) is 15.2. The van der Waals surface area contributed by atoms with E-state index in [4.69, 9.17) is 17.2 Å². The summed E-state index contributed by atoms with van der Waals surface area (Å²) in [5, 5.41) is 30.0. The molecule has 0 spiro atoms. The number of rotatable bonds is 16. The summed E-state index contributed by atoms with van der Waals surface area (Å²) in [6.45, 7) is 1.82. The zero-order valence-corrected chi connectivity index (χ0v) is 16.9. The van der Waals surface area contributed by atoms with Crippen LogP contribution < -0.4 is 17.2 Å². The molecule has 0 unspecified atom stereocenters. The van der Waals surface area contributed by atoms with Gasteiger partial charge in [0.25, 0.3) is 0 Å². The summed E-state index contributed by atoms with van der Waals surface area (Å²) in [5.74, 6) is -0.177. The molecule has 8 nitrogen and oxygen atoms in total. The molecule has 9 N–H and O–H groups in total. The number of nitrogens with two attached hydrogens (primary N) is 3. The van der Waals surface area contributed by atoms with E-state index in [0.717, 1.165) is 32.1 Å². The maximum atomic E-state index is 11.0. The molecule has 0 heterocycles. The van der Waals surface area contributed by atoms with E-state index in [-0.39, 0.29) is 18.8 Å². The molecule has 0 aliphatic carbocycles. The first-order chi connectivity index (χ1) is 12.7. The highest BCUT2D eigenvalue weighted by Crippen LogP contribution is 2.14. The molecule has 0 aromatic heterocycles. The molecule has 0 bridgehead atoms. The maximum Gasteiger partial charge on any atom is 0.305 e. The normalized spacial score (nSPS) is 18.4. The van der Waals surface area contributed by atoms with Gasteiger partial charge in [0.1, 0.15) is 0 Å². The number of aliphatic hydroxyl groups excluding tert-OH is 3. The molecule has 0 rings (SSSR count). The third-order valence-corrected chi connectivity index (χ3v) is 5.07. The Morgan fingerprint density at radius 3 is 1.85 bits per heavy atom. The molecule has 8 heteroatoms. The monoisotopic (exact) mass is 391 g/mol. The van der Waals surface area contributed by atoms with Crippen molar-refractivity contribution in [1.29, 1.82) is 0 Å². The first-order valence-electron chi connectivity index (χ1n) is 10.1. The molecule has 0 aliphatic heterocycles. The molecule has 0 saturated heterocycles. The molecule has 0 fully saturated rings. The van der Waals surface area contributed by atoms with E-state index in [1.807, 2.05) is 6.92 Å². The van der Waals surface area contributed by atoms with Crippen LogP contribution in [0.2, 0.25) is 0 Å². The first-order valence-corrected chi connectivity index (χ1v) is 10.1. The Balaban J connectivity index is 3.92. The molecule has 0 aromatic carbocycles. The summed E-state index contributed by atoms with van der Waals surface area (Å²) in [6, 6.07) is -1.58. The minimum absolute atomic E-state index is 0.177. The molecule has 27 heavy (non-hydrogen) atoms. The number of esters is 1. The lowest BCUT2D eigenvalue weighted by Crippen LogP contribution is -2.47. The number of carbonyl (C=O) groups excluding carboxylic acids is 1. The fraction of sp³-hybridized carbons (Fsp3) is 0.947. The highest BCUT2D eigenvalue weighted by Gasteiger charge is 2.25. The van der Waals surface area contributed by atoms with Crippen LogP contribution in [0.3, 0.4) is 0 Å². The van der Waals surface area contributed by atoms with Crippen LogP contribution >= 0.6 is 0 Å². The van der Waals surface area contributed by atoms with Crippen molar-refractivity contribution in [1.82, 2.24) is 0 Å². The number of carbonyl (C=O) groups is 1. The van der Waals surface area contributed by atoms with Crippen LogP contribution in [0.4, 0.5) is 0 Å². The van der Waals surface area contributed by atoms with Crippen LogP contribution in [0, 0.1) is 0 Å². The average molecular weight is 392 g/mol. The molecule has 0 saturated carbocycles. The standard InChI is InChI=1S/C19H41N3O5/c1-3-16(23)14(21)11-18(25)15(22)12-17(24)13(20)9-7-5-4-6-8-10-19(26)27-2/h13-18,23-25H,3-12,20-22H2,1-2H3/t13-,14-,15-,16-,17-,18-/m0/s1. The van der Waals surface area contributed by atoms with Gasteiger partial charge in [0.05, 0.1) is 25.4 Å². The minimum atomic E-state index is -0.891. The van der Waals surface area contributed by atoms with Gasteiger partial charge in [-0.05, 0) is 32.1 Å². The number of methoxy groups -OCH3 is 1. The van der Waals surface area contributed by atoms with Gasteiger partial charge in [-0.2, -0.15) is 0 Å². The second-order valence-corrected chi connectivity index (χ2v) is 7.46. The molecular formula is C19H41N3O5. The van der Waals surface area contributed by atoms with E-state index < -0.39 is 36.4 Å². The lowest BCUT2D eigenvalue weighted by molar-refractivity contribution is -0.140. The van der Waals surface area contributed by atoms with Gasteiger partial charge >= 0.3 is 5.97 Å². The van der Waals surface area contributed by atoms with Crippen molar-refractivity contribution in [2.24, 2.45) is 17.2 Å². The van der Waals surface area contributed by atoms with Crippen LogP contribution in [-0.2, 0) is 9.53 Å². The average Bonchev–Trinajstić information content (AvgIpc) is 2.65. The minimum Gasteiger partial charge on any atom is -0.469 e. The van der Waals surface area contributed by atoms with E-state index in [2.05, 4.69) is 4.74 Å². The molecule has 0 amide bonds. The number of aliphatic hydroxyl groups is 3. The quantitative estimate of drug-likeness (QED) is 0.160. The van der Waals surface area contributed by atoms with Crippen molar-refractivity contribution in [3.63, 3.8) is 0 Å². The summed E-state index contributed by atoms with van der Waals surface area (Å²) >= 11 is 0. The Morgan fingerprint density at radius 2 is 1.30 bits per heavy atom. The summed E-state index contributed by atoms with van der Waals surface area (Å²) in [5.41, 5.74) is 17.8. The zero-order chi connectivity index (χ0) is 20.8. The molecular weight excluding hydrogens is 350 g/mol. The summed E-state index contributed by atoms with van der Waals surface area (Å²) in [6.07, 6.45) is 4.34. The van der Waals surface area contributed by atoms with Crippen LogP contribution in [0.15, 0.2) is 0 Å². The predicted octanol–water partition coefficient (Wildman–Crippen LogP) is 0.145. The van der Waals surface area contributed by atoms with Crippen molar-refractivity contribution in [2.45, 2.75) is 108 Å². The van der Waals surface area contributed by atoms with Crippen molar-refractivity contribution in [3.05, 3.63) is 0 Å². The molecule has 0 aromatic rings. The summed E-state index contributed by atoms with van der Waals surface area (Å²) in [4.78, 5) is 11.0. The fourth-order valence-electron chi connectivity index (χ4n) is 3.00. The number of hydrogen-bond donors (Lipinski definition) is 6. The van der Waals surface area contributed by atoms with E-state index in [9.17, 15) is 20.1 Å². The number of hydrogen-bond acceptors (Lipinski definition) is 8. The van der Waals surface area contributed by atoms with Gasteiger partial charge in [0.15, 0.2) is 0 Å². The van der Waals surface area contributed by atoms with Gasteiger partial charge < -0.3 is 37.3 Å². The van der Waals surface area contributed by atoms with Crippen LogP contribution in [-0.4, -0.2) is 64.8 Å². The Labute approximate surface area is 163 Å². The zero-order valence-electron chi connectivity index (χ0n) is 16.9. The van der Waals surface area contributed by atoms with Gasteiger partial charge in [-0.25, -0.2) is 0 Å². The first kappa shape index (κ1) is 26.2. The molecule has 0 aliphatic rings. The van der Waals surface area contributed by atoms with Crippen LogP contribution in [0.1, 0.15) is 71.1 Å². The largest absolute Gasteiger partial charge is 0.469 e. The third-order valence-electron chi connectivity index (χ3n) is 5.07. The van der Waals surface area contributed by atoms with Crippen molar-refractivity contribution >= 4 is 5.97 Å². The molecule has 162 valence electrons. The number of ether oxygens (including phenoxy) is 1. The van der Waals surface area contributed by atoms with Gasteiger partial charge in [-0.3, -0.25) is 4.79 Å². The fourth-order valence-corrected chi connectivity index (χ4v) is 3.00. The van der Waals surface area contributed by atoms with Crippen LogP contribution in [0.25, 0.3) is 0 Å². The van der Waals surface area contributed by atoms with Crippen LogP contribution in [0.5, 0.6) is 0 Å². The lowest BCUT2D eigenvalue weighted by atomic mass is 9.92. The molecule has 0 radical (unpaired) electrons. The van der Waals surface area contributed by atoms with Crippen molar-refractivity contribution < 1.29 is 24.9 Å². The maximum absolute atomic E-state index is 11.0. The Kier molecular flexibility index (Phi) is 14.8. The lowest BCUT2D eigenvalue weighted by Gasteiger charge is -2.27. The van der Waals surface area contributed by atoms with E-state index in [0.29, 0.717) is 19.3 Å². The van der Waals surface area contributed by atoms with E-state index >= 15 is 0 Å². The summed E-state index contributed by atoms with van der Waals surface area (Å²) < 4.78 is 4.59. The van der Waals surface area contributed by atoms with E-state index in [1.165, 1.54) is 7.11 Å². The van der Waals surface area contributed by atoms with Gasteiger partial charge in [-0.1, -0.05) is 32.6 Å². The predicted molar refractivity (Wildman–Crippen MR) is 106 cm³/mol. The second-order valence-electron chi connectivity index (χ2n) is 7.46. The Morgan fingerprint density at radius 1 is 0.815 bits per heavy atom. The Hall–Kier alpha value is -0.770. The SMILES string of the molecule is CC[C@H](O)[C@@H](N)C[C@H](O)[C@@H](N)C[C@H](O)[C@@H](N)CCCCCCCC(=O)OC. The third kappa shape index (κ3) is 12.3. The van der Waals surface area contributed by atoms with Gasteiger partial charge in [-0.15, -0.1) is 0 Å². The Bertz CT molecular complexity index is 386. The van der Waals surface area contributed by atoms with Gasteiger partial charge in [0, 0.05) is 24.5 Å². The van der Waals surface area contributed by atoms with Crippen molar-refractivity contribution in [2.75, 3.05) is 7.11 Å². The summed E-state index contributed by atoms with van der Waals surface area (Å²) in [7, 11) is 1.39. The smallest absolute Gasteiger partial charge is 0.305 e. The number of unbranched alkanes of at least 4 members (excludes halogenated alkanes) is 4.